The zero-order valence-electron chi connectivity index (χ0n) is 10.2. The van der Waals surface area contributed by atoms with E-state index in [-0.39, 0.29) is 12.5 Å². The van der Waals surface area contributed by atoms with Crippen molar-refractivity contribution in [1.82, 2.24) is 10.3 Å². The van der Waals surface area contributed by atoms with Gasteiger partial charge in [-0.3, -0.25) is 4.79 Å². The predicted octanol–water partition coefficient (Wildman–Crippen LogP) is 0.250. The van der Waals surface area contributed by atoms with E-state index >= 15 is 0 Å². The Morgan fingerprint density at radius 2 is 2.44 bits per heavy atom. The molecule has 1 saturated carbocycles. The molecule has 1 amide bonds. The van der Waals surface area contributed by atoms with E-state index in [1.54, 1.807) is 18.0 Å². The van der Waals surface area contributed by atoms with E-state index in [2.05, 4.69) is 10.3 Å². The van der Waals surface area contributed by atoms with Gasteiger partial charge in [0, 0.05) is 19.3 Å². The lowest BCUT2D eigenvalue weighted by Crippen LogP contribution is -2.36. The molecule has 0 atom stereocenters. The van der Waals surface area contributed by atoms with Crippen molar-refractivity contribution < 1.29 is 4.79 Å². The molecule has 0 bridgehead atoms. The van der Waals surface area contributed by atoms with Crippen LogP contribution in [0, 0.1) is 11.3 Å². The molecule has 1 aliphatic rings. The second-order valence-corrected chi connectivity index (χ2v) is 4.45. The lowest BCUT2D eigenvalue weighted by Gasteiger charge is -2.19. The first-order valence-electron chi connectivity index (χ1n) is 5.76. The highest BCUT2D eigenvalue weighted by atomic mass is 16.2. The van der Waals surface area contributed by atoms with Crippen LogP contribution in [0.25, 0.3) is 0 Å². The minimum Gasteiger partial charge on any atom is -0.396 e. The summed E-state index contributed by atoms with van der Waals surface area (Å²) in [5.41, 5.74) is 6.61. The number of nitrogens with zero attached hydrogens (tertiary/aromatic N) is 3. The van der Waals surface area contributed by atoms with Gasteiger partial charge in [-0.15, -0.1) is 0 Å². The van der Waals surface area contributed by atoms with Crippen LogP contribution < -0.4 is 16.0 Å². The molecule has 1 aromatic heterocycles. The highest BCUT2D eigenvalue weighted by Gasteiger charge is 2.23. The van der Waals surface area contributed by atoms with Crippen molar-refractivity contribution in [3.63, 3.8) is 0 Å². The third-order valence-corrected chi connectivity index (χ3v) is 2.71. The molecule has 1 fully saturated rings. The number of hydrogen-bond acceptors (Lipinski definition) is 5. The maximum atomic E-state index is 11.6. The molecule has 94 valence electrons. The summed E-state index contributed by atoms with van der Waals surface area (Å²) in [6.45, 7) is 0.208. The zero-order chi connectivity index (χ0) is 13.1. The van der Waals surface area contributed by atoms with Gasteiger partial charge in [0.1, 0.15) is 6.07 Å². The van der Waals surface area contributed by atoms with Crippen LogP contribution in [0.15, 0.2) is 12.3 Å². The van der Waals surface area contributed by atoms with E-state index < -0.39 is 0 Å². The standard InChI is InChI=1S/C12H15N5O/c1-17(7-11(18)16-9-2-3-9)12-10(14)4-8(5-13)6-15-12/h4,6,9H,2-3,7,14H2,1H3,(H,16,18). The van der Waals surface area contributed by atoms with Crippen molar-refractivity contribution in [2.45, 2.75) is 18.9 Å². The Bertz CT molecular complexity index is 504. The number of nitrogens with two attached hydrogens (primary N) is 1. The van der Waals surface area contributed by atoms with Gasteiger partial charge in [-0.2, -0.15) is 5.26 Å². The fourth-order valence-electron chi connectivity index (χ4n) is 1.65. The van der Waals surface area contributed by atoms with Crippen molar-refractivity contribution in [3.8, 4) is 6.07 Å². The number of amides is 1. The summed E-state index contributed by atoms with van der Waals surface area (Å²) in [4.78, 5) is 17.4. The van der Waals surface area contributed by atoms with Crippen LogP contribution in [0.1, 0.15) is 18.4 Å². The number of carbonyl (C=O) groups excluding carboxylic acids is 1. The van der Waals surface area contributed by atoms with E-state index in [1.165, 1.54) is 6.20 Å². The monoisotopic (exact) mass is 245 g/mol. The van der Waals surface area contributed by atoms with Crippen LogP contribution in [0.2, 0.25) is 0 Å². The first kappa shape index (κ1) is 12.2. The molecule has 0 radical (unpaired) electrons. The molecule has 0 unspecified atom stereocenters. The van der Waals surface area contributed by atoms with Gasteiger partial charge < -0.3 is 16.0 Å². The number of nitrogens with one attached hydrogen (secondary N) is 1. The lowest BCUT2D eigenvalue weighted by atomic mass is 10.2. The Hall–Kier alpha value is -2.29. The van der Waals surface area contributed by atoms with E-state index in [0.717, 1.165) is 12.8 Å². The number of carbonyl (C=O) groups is 1. The second kappa shape index (κ2) is 4.92. The summed E-state index contributed by atoms with van der Waals surface area (Å²) < 4.78 is 0. The average Bonchev–Trinajstić information content (AvgIpc) is 3.12. The molecule has 0 spiro atoms. The van der Waals surface area contributed by atoms with Crippen molar-refractivity contribution >= 4 is 17.4 Å². The Balaban J connectivity index is 2.01. The SMILES string of the molecule is CN(CC(=O)NC1CC1)c1ncc(C#N)cc1N. The van der Waals surface area contributed by atoms with Crippen LogP contribution >= 0.6 is 0 Å². The van der Waals surface area contributed by atoms with Crippen LogP contribution in [0.5, 0.6) is 0 Å². The topological polar surface area (TPSA) is 95.0 Å². The van der Waals surface area contributed by atoms with Gasteiger partial charge >= 0.3 is 0 Å². The average molecular weight is 245 g/mol. The number of likely N-dealkylation sites (N-methyl/N-ethyl adjacent to an activating group) is 1. The molecule has 6 nitrogen and oxygen atoms in total. The van der Waals surface area contributed by atoms with Crippen molar-refractivity contribution in [3.05, 3.63) is 17.8 Å². The summed E-state index contributed by atoms with van der Waals surface area (Å²) in [5, 5.41) is 11.6. The van der Waals surface area contributed by atoms with Gasteiger partial charge in [0.05, 0.1) is 17.8 Å². The minimum absolute atomic E-state index is 0.0365. The number of pyridine rings is 1. The molecule has 1 aliphatic carbocycles. The molecule has 1 aromatic rings. The van der Waals surface area contributed by atoms with Gasteiger partial charge in [-0.25, -0.2) is 4.98 Å². The van der Waals surface area contributed by atoms with Crippen LogP contribution in [0.4, 0.5) is 11.5 Å². The smallest absolute Gasteiger partial charge is 0.239 e. The molecular formula is C12H15N5O. The fraction of sp³-hybridized carbons (Fsp3) is 0.417. The van der Waals surface area contributed by atoms with Crippen molar-refractivity contribution in [2.75, 3.05) is 24.2 Å². The molecule has 6 heteroatoms. The number of nitrogen functional groups attached to an aromatic ring is 1. The first-order valence-corrected chi connectivity index (χ1v) is 5.76. The van der Waals surface area contributed by atoms with Gasteiger partial charge in [0.2, 0.25) is 5.91 Å². The maximum absolute atomic E-state index is 11.6. The lowest BCUT2D eigenvalue weighted by molar-refractivity contribution is -0.119. The highest BCUT2D eigenvalue weighted by molar-refractivity contribution is 5.82. The normalized spacial score (nSPS) is 13.8. The number of anilines is 2. The zero-order valence-corrected chi connectivity index (χ0v) is 10.2. The second-order valence-electron chi connectivity index (χ2n) is 4.45. The van der Waals surface area contributed by atoms with Crippen LogP contribution in [-0.4, -0.2) is 30.5 Å². The Morgan fingerprint density at radius 1 is 1.72 bits per heavy atom. The minimum atomic E-state index is -0.0365. The van der Waals surface area contributed by atoms with E-state index in [9.17, 15) is 4.79 Å². The van der Waals surface area contributed by atoms with Gasteiger partial charge in [0.15, 0.2) is 5.82 Å². The molecule has 0 aliphatic heterocycles. The molecule has 2 rings (SSSR count). The van der Waals surface area contributed by atoms with Crippen molar-refractivity contribution in [2.24, 2.45) is 0 Å². The van der Waals surface area contributed by atoms with Crippen molar-refractivity contribution in [1.29, 1.82) is 5.26 Å². The highest BCUT2D eigenvalue weighted by Crippen LogP contribution is 2.20. The summed E-state index contributed by atoms with van der Waals surface area (Å²) >= 11 is 0. The Morgan fingerprint density at radius 3 is 3.00 bits per heavy atom. The number of aromatic nitrogens is 1. The summed E-state index contributed by atoms with van der Waals surface area (Å²) in [6, 6.07) is 3.87. The third kappa shape index (κ3) is 2.88. The molecule has 0 aromatic carbocycles. The Kier molecular flexibility index (Phi) is 3.33. The molecule has 1 heterocycles. The van der Waals surface area contributed by atoms with Gasteiger partial charge in [0.25, 0.3) is 0 Å². The van der Waals surface area contributed by atoms with E-state index in [4.69, 9.17) is 11.0 Å². The van der Waals surface area contributed by atoms with Gasteiger partial charge in [-0.05, 0) is 18.9 Å². The number of hydrogen-bond donors (Lipinski definition) is 2. The molecule has 0 saturated heterocycles. The largest absolute Gasteiger partial charge is 0.396 e. The quantitative estimate of drug-likeness (QED) is 0.792. The summed E-state index contributed by atoms with van der Waals surface area (Å²) in [6.07, 6.45) is 3.57. The van der Waals surface area contributed by atoms with Crippen LogP contribution in [0.3, 0.4) is 0 Å². The molecule has 18 heavy (non-hydrogen) atoms. The van der Waals surface area contributed by atoms with E-state index in [0.29, 0.717) is 23.1 Å². The third-order valence-electron chi connectivity index (χ3n) is 2.71. The number of nitriles is 1. The Labute approximate surface area is 105 Å². The number of rotatable bonds is 4. The van der Waals surface area contributed by atoms with Gasteiger partial charge in [-0.1, -0.05) is 0 Å². The van der Waals surface area contributed by atoms with Crippen LogP contribution in [-0.2, 0) is 4.79 Å². The maximum Gasteiger partial charge on any atom is 0.239 e. The first-order chi connectivity index (χ1) is 8.60. The predicted molar refractivity (Wildman–Crippen MR) is 67.8 cm³/mol. The fourth-order valence-corrected chi connectivity index (χ4v) is 1.65. The summed E-state index contributed by atoms with van der Waals surface area (Å²) in [5.74, 6) is 0.477. The summed E-state index contributed by atoms with van der Waals surface area (Å²) in [7, 11) is 1.75. The van der Waals surface area contributed by atoms with E-state index in [1.807, 2.05) is 6.07 Å². The molecular weight excluding hydrogens is 230 g/mol. The molecule has 3 N–H and O–H groups in total.